The van der Waals surface area contributed by atoms with E-state index in [4.69, 9.17) is 13.9 Å². The lowest BCUT2D eigenvalue weighted by atomic mass is 10.3. The van der Waals surface area contributed by atoms with Crippen molar-refractivity contribution < 1.29 is 13.9 Å². The summed E-state index contributed by atoms with van der Waals surface area (Å²) in [5.41, 5.74) is 0.762. The maximum atomic E-state index is 5.49. The van der Waals surface area contributed by atoms with Gasteiger partial charge in [0.2, 0.25) is 0 Å². The van der Waals surface area contributed by atoms with Crippen molar-refractivity contribution in [2.75, 3.05) is 7.11 Å². The third-order valence-corrected chi connectivity index (χ3v) is 1.91. The monoisotopic (exact) mass is 205 g/mol. The van der Waals surface area contributed by atoms with Crippen molar-refractivity contribution >= 4 is 0 Å². The Bertz CT molecular complexity index is 412. The first kappa shape index (κ1) is 9.58. The van der Waals surface area contributed by atoms with Gasteiger partial charge < -0.3 is 13.9 Å². The first-order valence-corrected chi connectivity index (χ1v) is 4.52. The highest BCUT2D eigenvalue weighted by atomic mass is 16.5. The van der Waals surface area contributed by atoms with Gasteiger partial charge in [-0.15, -0.1) is 0 Å². The Kier molecular flexibility index (Phi) is 2.88. The third-order valence-electron chi connectivity index (χ3n) is 1.91. The molecule has 15 heavy (non-hydrogen) atoms. The van der Waals surface area contributed by atoms with Gasteiger partial charge in [-0.25, -0.2) is 4.98 Å². The van der Waals surface area contributed by atoms with Gasteiger partial charge >= 0.3 is 0 Å². The number of oxazole rings is 1. The van der Waals surface area contributed by atoms with Gasteiger partial charge in [0.1, 0.15) is 30.1 Å². The van der Waals surface area contributed by atoms with Crippen LogP contribution in [0, 0.1) is 0 Å². The van der Waals surface area contributed by atoms with E-state index in [2.05, 4.69) is 4.98 Å². The Morgan fingerprint density at radius 2 is 2.20 bits per heavy atom. The third kappa shape index (κ3) is 2.49. The summed E-state index contributed by atoms with van der Waals surface area (Å²) in [7, 11) is 1.62. The highest BCUT2D eigenvalue weighted by Gasteiger charge is 1.99. The van der Waals surface area contributed by atoms with E-state index >= 15 is 0 Å². The van der Waals surface area contributed by atoms with Crippen molar-refractivity contribution in [1.29, 1.82) is 0 Å². The molecule has 0 unspecified atom stereocenters. The quantitative estimate of drug-likeness (QED) is 0.768. The molecule has 0 aliphatic rings. The molecule has 0 spiro atoms. The minimum Gasteiger partial charge on any atom is -0.497 e. The molecule has 4 nitrogen and oxygen atoms in total. The minimum atomic E-state index is 0.393. The highest BCUT2D eigenvalue weighted by molar-refractivity contribution is 5.32. The van der Waals surface area contributed by atoms with E-state index in [0.717, 1.165) is 17.2 Å². The average Bonchev–Trinajstić information content (AvgIpc) is 2.79. The molecule has 0 bridgehead atoms. The lowest BCUT2D eigenvalue weighted by molar-refractivity contribution is 0.298. The highest BCUT2D eigenvalue weighted by Crippen LogP contribution is 2.19. The topological polar surface area (TPSA) is 44.5 Å². The van der Waals surface area contributed by atoms with Crippen LogP contribution in [0.2, 0.25) is 0 Å². The summed E-state index contributed by atoms with van der Waals surface area (Å²) in [6.07, 6.45) is 2.93. The van der Waals surface area contributed by atoms with Gasteiger partial charge in [0.25, 0.3) is 0 Å². The van der Waals surface area contributed by atoms with Crippen LogP contribution in [0.3, 0.4) is 0 Å². The Balaban J connectivity index is 1.98. The van der Waals surface area contributed by atoms with Crippen molar-refractivity contribution in [3.63, 3.8) is 0 Å². The fourth-order valence-electron chi connectivity index (χ4n) is 1.16. The van der Waals surface area contributed by atoms with Crippen molar-refractivity contribution in [2.45, 2.75) is 6.61 Å². The second-order valence-electron chi connectivity index (χ2n) is 2.95. The maximum Gasteiger partial charge on any atom is 0.180 e. The maximum absolute atomic E-state index is 5.49. The number of hydrogen-bond donors (Lipinski definition) is 0. The second-order valence-corrected chi connectivity index (χ2v) is 2.95. The van der Waals surface area contributed by atoms with Crippen molar-refractivity contribution in [3.8, 4) is 11.5 Å². The van der Waals surface area contributed by atoms with Crippen molar-refractivity contribution in [2.24, 2.45) is 0 Å². The molecule has 1 heterocycles. The number of rotatable bonds is 4. The zero-order chi connectivity index (χ0) is 10.5. The van der Waals surface area contributed by atoms with Crippen LogP contribution in [0.15, 0.2) is 41.3 Å². The smallest absolute Gasteiger partial charge is 0.180 e. The molecule has 0 atom stereocenters. The Morgan fingerprint density at radius 3 is 2.93 bits per heavy atom. The van der Waals surface area contributed by atoms with Crippen LogP contribution in [0.25, 0.3) is 0 Å². The fourth-order valence-corrected chi connectivity index (χ4v) is 1.16. The zero-order valence-corrected chi connectivity index (χ0v) is 8.34. The summed E-state index contributed by atoms with van der Waals surface area (Å²) >= 11 is 0. The van der Waals surface area contributed by atoms with Gasteiger partial charge in [0.05, 0.1) is 7.11 Å². The first-order valence-electron chi connectivity index (χ1n) is 4.52. The molecule has 0 N–H and O–H groups in total. The Hall–Kier alpha value is -1.97. The summed E-state index contributed by atoms with van der Waals surface area (Å²) in [5.74, 6) is 1.52. The number of hydrogen-bond acceptors (Lipinski definition) is 4. The Labute approximate surface area is 87.5 Å². The van der Waals surface area contributed by atoms with Crippen LogP contribution >= 0.6 is 0 Å². The van der Waals surface area contributed by atoms with Crippen LogP contribution in [-0.4, -0.2) is 12.1 Å². The molecule has 0 amide bonds. The molecule has 0 radical (unpaired) electrons. The van der Waals surface area contributed by atoms with E-state index < -0.39 is 0 Å². The lowest BCUT2D eigenvalue weighted by Crippen LogP contribution is -1.95. The minimum absolute atomic E-state index is 0.393. The SMILES string of the molecule is COc1cccc(OCc2cocn2)c1. The zero-order valence-electron chi connectivity index (χ0n) is 8.34. The van der Waals surface area contributed by atoms with Crippen LogP contribution < -0.4 is 9.47 Å². The van der Waals surface area contributed by atoms with Gasteiger partial charge in [-0.1, -0.05) is 6.07 Å². The molecule has 0 aliphatic heterocycles. The summed E-state index contributed by atoms with van der Waals surface area (Å²) in [5, 5.41) is 0. The number of benzene rings is 1. The summed E-state index contributed by atoms with van der Waals surface area (Å²) in [6.45, 7) is 0.393. The molecular formula is C11H11NO3. The van der Waals surface area contributed by atoms with E-state index in [9.17, 15) is 0 Å². The van der Waals surface area contributed by atoms with Gasteiger partial charge in [-0.05, 0) is 12.1 Å². The van der Waals surface area contributed by atoms with Gasteiger partial charge in [0.15, 0.2) is 6.39 Å². The molecule has 0 saturated heterocycles. The normalized spacial score (nSPS) is 9.93. The van der Waals surface area contributed by atoms with Crippen LogP contribution in [0.1, 0.15) is 5.69 Å². The summed E-state index contributed by atoms with van der Waals surface area (Å²) in [6, 6.07) is 7.42. The number of ether oxygens (including phenoxy) is 2. The predicted octanol–water partition coefficient (Wildman–Crippen LogP) is 2.26. The first-order chi connectivity index (χ1) is 7.38. The molecule has 4 heteroatoms. The standard InChI is InChI=1S/C11H11NO3/c1-13-10-3-2-4-11(5-10)15-7-9-6-14-8-12-9/h2-6,8H,7H2,1H3. The van der Waals surface area contributed by atoms with E-state index in [-0.39, 0.29) is 0 Å². The van der Waals surface area contributed by atoms with E-state index in [1.165, 1.54) is 6.39 Å². The Morgan fingerprint density at radius 1 is 1.33 bits per heavy atom. The molecular weight excluding hydrogens is 194 g/mol. The van der Waals surface area contributed by atoms with Crippen molar-refractivity contribution in [1.82, 2.24) is 4.98 Å². The second kappa shape index (κ2) is 4.50. The molecule has 0 fully saturated rings. The van der Waals surface area contributed by atoms with Gasteiger partial charge in [-0.3, -0.25) is 0 Å². The molecule has 1 aromatic carbocycles. The van der Waals surface area contributed by atoms with Crippen molar-refractivity contribution in [3.05, 3.63) is 42.6 Å². The van der Waals surface area contributed by atoms with Gasteiger partial charge in [-0.2, -0.15) is 0 Å². The largest absolute Gasteiger partial charge is 0.497 e. The van der Waals surface area contributed by atoms with Crippen LogP contribution in [-0.2, 0) is 6.61 Å². The predicted molar refractivity (Wildman–Crippen MR) is 53.8 cm³/mol. The van der Waals surface area contributed by atoms with E-state index in [0.29, 0.717) is 6.61 Å². The number of aromatic nitrogens is 1. The molecule has 0 saturated carbocycles. The van der Waals surface area contributed by atoms with Gasteiger partial charge in [0, 0.05) is 6.07 Å². The molecule has 2 aromatic rings. The average molecular weight is 205 g/mol. The molecule has 1 aromatic heterocycles. The van der Waals surface area contributed by atoms with Crippen LogP contribution in [0.4, 0.5) is 0 Å². The summed E-state index contributed by atoms with van der Waals surface area (Å²) in [4.78, 5) is 3.95. The van der Waals surface area contributed by atoms with E-state index in [1.54, 1.807) is 13.4 Å². The summed E-state index contributed by atoms with van der Waals surface area (Å²) < 4.78 is 15.4. The lowest BCUT2D eigenvalue weighted by Gasteiger charge is -2.05. The van der Waals surface area contributed by atoms with E-state index in [1.807, 2.05) is 24.3 Å². The molecule has 0 aliphatic carbocycles. The number of methoxy groups -OCH3 is 1. The molecule has 2 rings (SSSR count). The molecule has 78 valence electrons. The number of nitrogens with zero attached hydrogens (tertiary/aromatic N) is 1. The fraction of sp³-hybridized carbons (Fsp3) is 0.182. The van der Waals surface area contributed by atoms with Crippen LogP contribution in [0.5, 0.6) is 11.5 Å².